The smallest absolute Gasteiger partial charge is 0.237 e. The van der Waals surface area contributed by atoms with Crippen molar-refractivity contribution in [1.82, 2.24) is 10.2 Å². The average Bonchev–Trinajstić information content (AvgIpc) is 3.16. The molecule has 1 aliphatic carbocycles. The van der Waals surface area contributed by atoms with Crippen LogP contribution in [0.25, 0.3) is 0 Å². The van der Waals surface area contributed by atoms with Crippen molar-refractivity contribution in [3.8, 4) is 0 Å². The first kappa shape index (κ1) is 16.4. The molecule has 1 rings (SSSR count). The largest absolute Gasteiger partial charge is 0.368 e. The second kappa shape index (κ2) is 7.25. The van der Waals surface area contributed by atoms with Gasteiger partial charge in [-0.25, -0.2) is 0 Å². The average molecular weight is 269 g/mol. The molecule has 19 heavy (non-hydrogen) atoms. The predicted molar refractivity (Wildman–Crippen MR) is 79.9 cm³/mol. The summed E-state index contributed by atoms with van der Waals surface area (Å²) in [7, 11) is 1.81. The number of hydrogen-bond donors (Lipinski definition) is 2. The number of carbonyl (C=O) groups excluding carboxylic acids is 1. The van der Waals surface area contributed by atoms with Gasteiger partial charge >= 0.3 is 0 Å². The van der Waals surface area contributed by atoms with E-state index in [1.165, 1.54) is 19.4 Å². The molecule has 0 saturated heterocycles. The molecule has 0 aromatic rings. The normalized spacial score (nSPS) is 18.8. The van der Waals surface area contributed by atoms with Crippen LogP contribution >= 0.6 is 0 Å². The highest BCUT2D eigenvalue weighted by Crippen LogP contribution is 2.28. The van der Waals surface area contributed by atoms with Crippen molar-refractivity contribution in [2.24, 2.45) is 11.7 Å². The Hall–Kier alpha value is -0.610. The highest BCUT2D eigenvalue weighted by molar-refractivity contribution is 5.84. The van der Waals surface area contributed by atoms with Crippen molar-refractivity contribution in [2.75, 3.05) is 20.1 Å². The zero-order valence-electron chi connectivity index (χ0n) is 13.0. The van der Waals surface area contributed by atoms with Gasteiger partial charge in [-0.05, 0) is 58.5 Å². The van der Waals surface area contributed by atoms with E-state index in [9.17, 15) is 4.79 Å². The number of amides is 1. The summed E-state index contributed by atoms with van der Waals surface area (Å²) in [4.78, 5) is 14.0. The van der Waals surface area contributed by atoms with Gasteiger partial charge in [0.15, 0.2) is 0 Å². The molecule has 1 unspecified atom stereocenters. The van der Waals surface area contributed by atoms with Crippen LogP contribution in [0.5, 0.6) is 0 Å². The Bertz CT molecular complexity index is 289. The fourth-order valence-corrected chi connectivity index (χ4v) is 2.50. The van der Waals surface area contributed by atoms with Crippen molar-refractivity contribution >= 4 is 5.91 Å². The number of likely N-dealkylation sites (N-methyl/N-ethyl adjacent to an activating group) is 1. The Labute approximate surface area is 118 Å². The molecule has 0 aromatic carbocycles. The third-order valence-electron chi connectivity index (χ3n) is 4.13. The Kier molecular flexibility index (Phi) is 6.27. The van der Waals surface area contributed by atoms with Gasteiger partial charge in [0.05, 0.1) is 5.54 Å². The molecule has 0 heterocycles. The molecule has 1 saturated carbocycles. The first-order valence-electron chi connectivity index (χ1n) is 7.62. The second-order valence-electron chi connectivity index (χ2n) is 6.52. The van der Waals surface area contributed by atoms with E-state index in [0.29, 0.717) is 0 Å². The molecule has 1 amide bonds. The summed E-state index contributed by atoms with van der Waals surface area (Å²) < 4.78 is 0. The van der Waals surface area contributed by atoms with Gasteiger partial charge in [-0.15, -0.1) is 0 Å². The highest BCUT2D eigenvalue weighted by atomic mass is 16.1. The fraction of sp³-hybridized carbons (Fsp3) is 0.933. The summed E-state index contributed by atoms with van der Waals surface area (Å²) in [6.07, 6.45) is 5.73. The third kappa shape index (κ3) is 5.49. The van der Waals surface area contributed by atoms with Crippen LogP contribution in [0.4, 0.5) is 0 Å². The van der Waals surface area contributed by atoms with Crippen molar-refractivity contribution < 1.29 is 4.79 Å². The topological polar surface area (TPSA) is 58.4 Å². The summed E-state index contributed by atoms with van der Waals surface area (Å²) in [5.74, 6) is 0.477. The van der Waals surface area contributed by atoms with Gasteiger partial charge in [0.25, 0.3) is 0 Å². The lowest BCUT2D eigenvalue weighted by molar-refractivity contribution is -0.123. The molecule has 4 nitrogen and oxygen atoms in total. The molecule has 4 heteroatoms. The Balaban J connectivity index is 2.26. The lowest BCUT2D eigenvalue weighted by Gasteiger charge is -2.27. The van der Waals surface area contributed by atoms with E-state index in [1.807, 2.05) is 6.92 Å². The molecule has 0 aromatic heterocycles. The van der Waals surface area contributed by atoms with Crippen LogP contribution in [0.1, 0.15) is 52.9 Å². The molecule has 1 fully saturated rings. The lowest BCUT2D eigenvalue weighted by atomic mass is 9.94. The molecule has 0 bridgehead atoms. The Morgan fingerprint density at radius 2 is 2.05 bits per heavy atom. The number of nitrogens with one attached hydrogen (secondary N) is 1. The number of carbonyl (C=O) groups is 1. The van der Waals surface area contributed by atoms with Crippen LogP contribution in [0, 0.1) is 5.92 Å². The van der Waals surface area contributed by atoms with Gasteiger partial charge in [-0.2, -0.15) is 0 Å². The molecule has 1 aliphatic rings. The van der Waals surface area contributed by atoms with E-state index in [-0.39, 0.29) is 5.91 Å². The standard InChI is InChI=1S/C15H31N3O/c1-12(2)11-18(13-7-8-13)10-6-5-9-15(3,17-4)14(16)19/h12-13,17H,5-11H2,1-4H3,(H2,16,19). The van der Waals surface area contributed by atoms with Crippen molar-refractivity contribution in [1.29, 1.82) is 0 Å². The lowest BCUT2D eigenvalue weighted by Crippen LogP contribution is -2.51. The Morgan fingerprint density at radius 3 is 2.47 bits per heavy atom. The monoisotopic (exact) mass is 269 g/mol. The van der Waals surface area contributed by atoms with E-state index >= 15 is 0 Å². The zero-order chi connectivity index (χ0) is 14.5. The molecule has 0 radical (unpaired) electrons. The van der Waals surface area contributed by atoms with Crippen LogP contribution in [-0.2, 0) is 4.79 Å². The molecular formula is C15H31N3O. The van der Waals surface area contributed by atoms with E-state index < -0.39 is 5.54 Å². The number of nitrogens with two attached hydrogens (primary N) is 1. The second-order valence-corrected chi connectivity index (χ2v) is 6.52. The minimum atomic E-state index is -0.553. The molecular weight excluding hydrogens is 238 g/mol. The maximum Gasteiger partial charge on any atom is 0.237 e. The fourth-order valence-electron chi connectivity index (χ4n) is 2.50. The Morgan fingerprint density at radius 1 is 1.42 bits per heavy atom. The SMILES string of the molecule is CNC(C)(CCCCN(CC(C)C)C1CC1)C(N)=O. The quantitative estimate of drug-likeness (QED) is 0.594. The van der Waals surface area contributed by atoms with Crippen molar-refractivity contribution in [3.05, 3.63) is 0 Å². The molecule has 0 aliphatic heterocycles. The minimum absolute atomic E-state index is 0.253. The van der Waals surface area contributed by atoms with Crippen LogP contribution in [0.2, 0.25) is 0 Å². The third-order valence-corrected chi connectivity index (χ3v) is 4.13. The van der Waals surface area contributed by atoms with Gasteiger partial charge in [-0.3, -0.25) is 4.79 Å². The van der Waals surface area contributed by atoms with Crippen LogP contribution in [-0.4, -0.2) is 42.5 Å². The molecule has 0 spiro atoms. The van der Waals surface area contributed by atoms with Crippen LogP contribution in [0.15, 0.2) is 0 Å². The molecule has 3 N–H and O–H groups in total. The first-order valence-corrected chi connectivity index (χ1v) is 7.62. The zero-order valence-corrected chi connectivity index (χ0v) is 13.0. The predicted octanol–water partition coefficient (Wildman–Crippen LogP) is 1.74. The first-order chi connectivity index (χ1) is 8.89. The maximum atomic E-state index is 11.4. The maximum absolute atomic E-state index is 11.4. The van der Waals surface area contributed by atoms with Crippen LogP contribution < -0.4 is 11.1 Å². The van der Waals surface area contributed by atoms with Gasteiger partial charge in [-0.1, -0.05) is 13.8 Å². The number of hydrogen-bond acceptors (Lipinski definition) is 3. The summed E-state index contributed by atoms with van der Waals surface area (Å²) in [5.41, 5.74) is 4.88. The summed E-state index contributed by atoms with van der Waals surface area (Å²) in [5, 5.41) is 3.05. The minimum Gasteiger partial charge on any atom is -0.368 e. The number of unbranched alkanes of at least 4 members (excludes halogenated alkanes) is 1. The van der Waals surface area contributed by atoms with Crippen molar-refractivity contribution in [2.45, 2.75) is 64.5 Å². The van der Waals surface area contributed by atoms with Gasteiger partial charge in [0.2, 0.25) is 5.91 Å². The van der Waals surface area contributed by atoms with Gasteiger partial charge in [0, 0.05) is 12.6 Å². The molecule has 1 atom stereocenters. The van der Waals surface area contributed by atoms with Crippen LogP contribution in [0.3, 0.4) is 0 Å². The summed E-state index contributed by atoms with van der Waals surface area (Å²) in [6, 6.07) is 0.828. The summed E-state index contributed by atoms with van der Waals surface area (Å²) in [6.45, 7) is 8.80. The summed E-state index contributed by atoms with van der Waals surface area (Å²) >= 11 is 0. The van der Waals surface area contributed by atoms with E-state index in [1.54, 1.807) is 7.05 Å². The van der Waals surface area contributed by atoms with E-state index in [4.69, 9.17) is 5.73 Å². The number of rotatable bonds is 10. The number of primary amides is 1. The van der Waals surface area contributed by atoms with E-state index in [2.05, 4.69) is 24.1 Å². The van der Waals surface area contributed by atoms with Crippen molar-refractivity contribution in [3.63, 3.8) is 0 Å². The molecule has 112 valence electrons. The van der Waals surface area contributed by atoms with Gasteiger partial charge < -0.3 is 16.0 Å². The van der Waals surface area contributed by atoms with E-state index in [0.717, 1.165) is 37.8 Å². The van der Waals surface area contributed by atoms with Gasteiger partial charge in [0.1, 0.15) is 0 Å². The number of nitrogens with zero attached hydrogens (tertiary/aromatic N) is 1. The highest BCUT2D eigenvalue weighted by Gasteiger charge is 2.30.